The van der Waals surface area contributed by atoms with Crippen LogP contribution in [-0.2, 0) is 13.0 Å². The third kappa shape index (κ3) is 3.47. The van der Waals surface area contributed by atoms with Crippen LogP contribution in [0.3, 0.4) is 0 Å². The number of hydrogen-bond acceptors (Lipinski definition) is 7. The van der Waals surface area contributed by atoms with Crippen molar-refractivity contribution in [2.24, 2.45) is 5.73 Å². The second-order valence-electron chi connectivity index (χ2n) is 7.34. The van der Waals surface area contributed by atoms with Gasteiger partial charge >= 0.3 is 0 Å². The van der Waals surface area contributed by atoms with Crippen LogP contribution in [0.1, 0.15) is 18.9 Å². The van der Waals surface area contributed by atoms with Gasteiger partial charge in [-0.3, -0.25) is 4.79 Å². The van der Waals surface area contributed by atoms with Crippen molar-refractivity contribution < 1.29 is 24.4 Å². The van der Waals surface area contributed by atoms with Gasteiger partial charge in [-0.1, -0.05) is 13.3 Å². The summed E-state index contributed by atoms with van der Waals surface area (Å²) in [5, 5.41) is 21.1. The summed E-state index contributed by atoms with van der Waals surface area (Å²) in [4.78, 5) is 13.4. The van der Waals surface area contributed by atoms with Gasteiger partial charge in [0.15, 0.2) is 11.5 Å². The Balaban J connectivity index is 2.10. The van der Waals surface area contributed by atoms with Gasteiger partial charge in [-0.05, 0) is 36.2 Å². The van der Waals surface area contributed by atoms with Crippen LogP contribution in [0.15, 0.2) is 29.1 Å². The summed E-state index contributed by atoms with van der Waals surface area (Å²) in [5.74, 6) is 1.57. The summed E-state index contributed by atoms with van der Waals surface area (Å²) in [6.07, 6.45) is 0.956. The predicted molar refractivity (Wildman–Crippen MR) is 113 cm³/mol. The van der Waals surface area contributed by atoms with E-state index >= 15 is 0 Å². The Labute approximate surface area is 173 Å². The molecule has 0 saturated carbocycles. The van der Waals surface area contributed by atoms with Crippen molar-refractivity contribution in [2.75, 3.05) is 26.6 Å². The number of nitrogens with two attached hydrogens (primary N) is 1. The molecule has 8 nitrogen and oxygen atoms in total. The molecule has 4 rings (SSSR count). The second-order valence-corrected chi connectivity index (χ2v) is 7.34. The molecular weight excluding hydrogens is 388 g/mol. The molecule has 2 aromatic carbocycles. The zero-order chi connectivity index (χ0) is 21.3. The third-order valence-corrected chi connectivity index (χ3v) is 5.28. The highest BCUT2D eigenvalue weighted by atomic mass is 16.7. The molecule has 8 heteroatoms. The molecule has 4 N–H and O–H groups in total. The highest BCUT2D eigenvalue weighted by Gasteiger charge is 2.22. The van der Waals surface area contributed by atoms with Gasteiger partial charge in [-0.2, -0.15) is 0 Å². The van der Waals surface area contributed by atoms with Crippen LogP contribution in [0.4, 0.5) is 0 Å². The van der Waals surface area contributed by atoms with E-state index in [2.05, 4.69) is 13.0 Å². The largest absolute Gasteiger partial charge is 0.483 e. The van der Waals surface area contributed by atoms with E-state index in [0.29, 0.717) is 34.7 Å². The smallest absolute Gasteiger partial charge is 0.259 e. The Hall–Kier alpha value is -2.81. The molecule has 30 heavy (non-hydrogen) atoms. The molecule has 3 aromatic rings. The number of aliphatic hydroxyl groups excluding tert-OH is 2. The van der Waals surface area contributed by atoms with Crippen LogP contribution >= 0.6 is 0 Å². The zero-order valence-electron chi connectivity index (χ0n) is 16.9. The first-order chi connectivity index (χ1) is 14.6. The molecule has 1 aliphatic heterocycles. The molecule has 0 amide bonds. The molecule has 1 aliphatic rings. The molecule has 0 bridgehead atoms. The van der Waals surface area contributed by atoms with Crippen LogP contribution < -0.4 is 25.5 Å². The van der Waals surface area contributed by atoms with Crippen LogP contribution in [-0.4, -0.2) is 47.4 Å². The molecular formula is C22H26N2O6. The van der Waals surface area contributed by atoms with Gasteiger partial charge in [0, 0.05) is 23.9 Å². The fraction of sp³-hybridized carbons (Fsp3) is 0.409. The van der Waals surface area contributed by atoms with Gasteiger partial charge in [0.2, 0.25) is 6.79 Å². The summed E-state index contributed by atoms with van der Waals surface area (Å²) < 4.78 is 18.5. The first-order valence-electron chi connectivity index (χ1n) is 10.1. The lowest BCUT2D eigenvalue weighted by molar-refractivity contribution is 0.0637. The standard InChI is InChI=1S/C22H26N2O6/c1-2-3-13-6-16-15-8-18-19(29-12-28-18)9-17(15)22(27)24(5-4-23)21(16)20(7-13)30-14(10-25)11-26/h6-9,14,25-26H,2-5,10-12,23H2,1H3. The lowest BCUT2D eigenvalue weighted by atomic mass is 10.00. The first-order valence-corrected chi connectivity index (χ1v) is 10.1. The van der Waals surface area contributed by atoms with E-state index in [1.807, 2.05) is 12.1 Å². The lowest BCUT2D eigenvalue weighted by Crippen LogP contribution is -2.28. The minimum absolute atomic E-state index is 0.116. The molecule has 0 unspecified atom stereocenters. The normalized spacial score (nSPS) is 13.0. The average Bonchev–Trinajstić information content (AvgIpc) is 3.21. The van der Waals surface area contributed by atoms with E-state index in [1.54, 1.807) is 10.6 Å². The van der Waals surface area contributed by atoms with Gasteiger partial charge in [0.25, 0.3) is 5.56 Å². The maximum Gasteiger partial charge on any atom is 0.259 e. The van der Waals surface area contributed by atoms with Crippen LogP contribution in [0.5, 0.6) is 17.2 Å². The van der Waals surface area contributed by atoms with Crippen LogP contribution in [0, 0.1) is 0 Å². The van der Waals surface area contributed by atoms with Gasteiger partial charge < -0.3 is 34.7 Å². The SMILES string of the molecule is CCCc1cc(OC(CO)CO)c2c(c1)c1cc3c(cc1c(=O)n2CCN)OCO3. The average molecular weight is 414 g/mol. The number of benzene rings is 2. The molecule has 0 atom stereocenters. The Bertz CT molecular complexity index is 1140. The minimum Gasteiger partial charge on any atom is -0.483 e. The van der Waals surface area contributed by atoms with Crippen molar-refractivity contribution in [3.05, 3.63) is 40.2 Å². The Morgan fingerprint density at radius 1 is 1.10 bits per heavy atom. The van der Waals surface area contributed by atoms with Crippen molar-refractivity contribution in [1.82, 2.24) is 4.57 Å². The molecule has 0 spiro atoms. The van der Waals surface area contributed by atoms with Crippen LogP contribution in [0.2, 0.25) is 0 Å². The predicted octanol–water partition coefficient (Wildman–Crippen LogP) is 1.53. The number of rotatable bonds is 8. The molecule has 160 valence electrons. The minimum atomic E-state index is -0.793. The van der Waals surface area contributed by atoms with Gasteiger partial charge in [0.1, 0.15) is 11.9 Å². The molecule has 0 saturated heterocycles. The number of aliphatic hydroxyl groups is 2. The zero-order valence-corrected chi connectivity index (χ0v) is 16.9. The van der Waals surface area contributed by atoms with E-state index in [0.717, 1.165) is 29.2 Å². The molecule has 0 fully saturated rings. The topological polar surface area (TPSA) is 116 Å². The number of aryl methyl sites for hydroxylation is 1. The van der Waals surface area contributed by atoms with Gasteiger partial charge in [-0.15, -0.1) is 0 Å². The van der Waals surface area contributed by atoms with Crippen LogP contribution in [0.25, 0.3) is 21.7 Å². The summed E-state index contributed by atoms with van der Waals surface area (Å²) in [6, 6.07) is 7.46. The van der Waals surface area contributed by atoms with E-state index < -0.39 is 6.10 Å². The molecule has 1 aromatic heterocycles. The van der Waals surface area contributed by atoms with Gasteiger partial charge in [0.05, 0.1) is 24.1 Å². The maximum absolute atomic E-state index is 13.4. The number of fused-ring (bicyclic) bond motifs is 4. The van der Waals surface area contributed by atoms with E-state index in [-0.39, 0.29) is 32.1 Å². The number of ether oxygens (including phenoxy) is 3. The summed E-state index contributed by atoms with van der Waals surface area (Å²) in [5.41, 5.74) is 7.22. The number of hydrogen-bond donors (Lipinski definition) is 3. The quantitative estimate of drug-likeness (QED) is 0.479. The molecule has 2 heterocycles. The number of pyridine rings is 1. The number of aromatic nitrogens is 1. The van der Waals surface area contributed by atoms with Crippen molar-refractivity contribution in [3.8, 4) is 17.2 Å². The fourth-order valence-electron chi connectivity index (χ4n) is 3.91. The van der Waals surface area contributed by atoms with E-state index in [1.165, 1.54) is 0 Å². The molecule has 0 aliphatic carbocycles. The van der Waals surface area contributed by atoms with E-state index in [9.17, 15) is 15.0 Å². The Kier molecular flexibility index (Phi) is 5.80. The first kappa shape index (κ1) is 20.5. The fourth-order valence-corrected chi connectivity index (χ4v) is 3.91. The third-order valence-electron chi connectivity index (χ3n) is 5.28. The van der Waals surface area contributed by atoms with Crippen molar-refractivity contribution in [2.45, 2.75) is 32.4 Å². The summed E-state index contributed by atoms with van der Waals surface area (Å²) in [7, 11) is 0. The van der Waals surface area contributed by atoms with Gasteiger partial charge in [-0.25, -0.2) is 0 Å². The maximum atomic E-state index is 13.4. The van der Waals surface area contributed by atoms with Crippen molar-refractivity contribution >= 4 is 21.7 Å². The molecule has 0 radical (unpaired) electrons. The Morgan fingerprint density at radius 2 is 1.80 bits per heavy atom. The van der Waals surface area contributed by atoms with E-state index in [4.69, 9.17) is 19.9 Å². The monoisotopic (exact) mass is 414 g/mol. The Morgan fingerprint density at radius 3 is 2.43 bits per heavy atom. The highest BCUT2D eigenvalue weighted by Crippen LogP contribution is 2.39. The second kappa shape index (κ2) is 8.51. The van der Waals surface area contributed by atoms with Crippen molar-refractivity contribution in [1.29, 1.82) is 0 Å². The summed E-state index contributed by atoms with van der Waals surface area (Å²) >= 11 is 0. The number of nitrogens with zero attached hydrogens (tertiary/aromatic N) is 1. The lowest BCUT2D eigenvalue weighted by Gasteiger charge is -2.21. The van der Waals surface area contributed by atoms with Crippen molar-refractivity contribution in [3.63, 3.8) is 0 Å². The highest BCUT2D eigenvalue weighted by molar-refractivity contribution is 6.09. The summed E-state index contributed by atoms with van der Waals surface area (Å²) in [6.45, 7) is 2.08.